The number of nitrogens with zero attached hydrogens (tertiary/aromatic N) is 1. The van der Waals surface area contributed by atoms with Crippen molar-refractivity contribution in [2.75, 3.05) is 6.54 Å². The average molecular weight is 278 g/mol. The number of hydrogen-bond acceptors (Lipinski definition) is 3. The lowest BCUT2D eigenvalue weighted by molar-refractivity contribution is -0.130. The average Bonchev–Trinajstić information content (AvgIpc) is 2.97. The van der Waals surface area contributed by atoms with Gasteiger partial charge in [-0.25, -0.2) is 0 Å². The van der Waals surface area contributed by atoms with Crippen molar-refractivity contribution in [2.24, 2.45) is 5.92 Å². The zero-order valence-corrected chi connectivity index (χ0v) is 12.3. The van der Waals surface area contributed by atoms with Crippen molar-refractivity contribution in [3.05, 3.63) is 22.4 Å². The van der Waals surface area contributed by atoms with Crippen LogP contribution in [0.2, 0.25) is 0 Å². The molecule has 0 aromatic carbocycles. The summed E-state index contributed by atoms with van der Waals surface area (Å²) in [7, 11) is 0. The van der Waals surface area contributed by atoms with E-state index in [-0.39, 0.29) is 18.1 Å². The number of rotatable bonds is 6. The Morgan fingerprint density at radius 2 is 2.32 bits per heavy atom. The molecule has 104 valence electrons. The molecule has 4 heteroatoms. The fourth-order valence-electron chi connectivity index (χ4n) is 2.85. The number of nitrogens with one attached hydrogen (secondary N) is 1. The number of carbonyl (C=O) groups excluding carboxylic acids is 1. The number of thiophene rings is 1. The molecule has 3 nitrogen and oxygen atoms in total. The fourth-order valence-corrected chi connectivity index (χ4v) is 3.65. The molecule has 0 radical (unpaired) electrons. The minimum atomic E-state index is 0.00743. The third-order valence-corrected chi connectivity index (χ3v) is 5.11. The van der Waals surface area contributed by atoms with Crippen LogP contribution in [0.1, 0.15) is 50.1 Å². The Morgan fingerprint density at radius 1 is 1.47 bits per heavy atom. The quantitative estimate of drug-likeness (QED) is 0.867. The molecule has 3 rings (SSSR count). The van der Waals surface area contributed by atoms with Gasteiger partial charge >= 0.3 is 0 Å². The first-order chi connectivity index (χ1) is 9.29. The molecular formula is C15H22N2OS. The van der Waals surface area contributed by atoms with Gasteiger partial charge in [-0.15, -0.1) is 11.3 Å². The largest absolute Gasteiger partial charge is 0.321 e. The highest BCUT2D eigenvalue weighted by Gasteiger charge is 2.38. The van der Waals surface area contributed by atoms with Crippen molar-refractivity contribution in [2.45, 2.75) is 51.2 Å². The second kappa shape index (κ2) is 5.63. The molecule has 2 heterocycles. The van der Waals surface area contributed by atoms with E-state index >= 15 is 0 Å². The third kappa shape index (κ3) is 2.84. The first-order valence-corrected chi connectivity index (χ1v) is 8.27. The predicted octanol–water partition coefficient (Wildman–Crippen LogP) is 3.15. The highest BCUT2D eigenvalue weighted by atomic mass is 32.1. The molecule has 2 aliphatic rings. The molecule has 2 fully saturated rings. The highest BCUT2D eigenvalue weighted by molar-refractivity contribution is 7.10. The second-order valence-electron chi connectivity index (χ2n) is 5.66. The normalized spacial score (nSPS) is 27.2. The Kier molecular flexibility index (Phi) is 3.89. The molecule has 1 saturated heterocycles. The molecular weight excluding hydrogens is 256 g/mol. The molecule has 2 unspecified atom stereocenters. The molecule has 1 aliphatic heterocycles. The first kappa shape index (κ1) is 13.1. The summed E-state index contributed by atoms with van der Waals surface area (Å²) in [5, 5.41) is 5.57. The van der Waals surface area contributed by atoms with E-state index in [0.29, 0.717) is 0 Å². The molecule has 1 saturated carbocycles. The molecule has 0 bridgehead atoms. The van der Waals surface area contributed by atoms with Gasteiger partial charge in [0, 0.05) is 11.4 Å². The zero-order valence-electron chi connectivity index (χ0n) is 11.5. The Morgan fingerprint density at radius 3 is 2.95 bits per heavy atom. The van der Waals surface area contributed by atoms with Crippen LogP contribution in [0, 0.1) is 5.92 Å². The summed E-state index contributed by atoms with van der Waals surface area (Å²) in [4.78, 5) is 15.7. The van der Waals surface area contributed by atoms with E-state index in [1.54, 1.807) is 11.3 Å². The van der Waals surface area contributed by atoms with E-state index in [4.69, 9.17) is 0 Å². The van der Waals surface area contributed by atoms with E-state index < -0.39 is 0 Å². The number of amides is 1. The van der Waals surface area contributed by atoms with E-state index in [2.05, 4.69) is 34.7 Å². The van der Waals surface area contributed by atoms with Crippen molar-refractivity contribution in [1.82, 2.24) is 10.2 Å². The molecule has 1 aromatic heterocycles. The molecule has 2 atom stereocenters. The van der Waals surface area contributed by atoms with Gasteiger partial charge in [0.25, 0.3) is 0 Å². The first-order valence-electron chi connectivity index (χ1n) is 7.39. The molecule has 19 heavy (non-hydrogen) atoms. The summed E-state index contributed by atoms with van der Waals surface area (Å²) >= 11 is 1.73. The summed E-state index contributed by atoms with van der Waals surface area (Å²) < 4.78 is 0. The van der Waals surface area contributed by atoms with Crippen molar-refractivity contribution in [3.63, 3.8) is 0 Å². The van der Waals surface area contributed by atoms with E-state index in [1.807, 2.05) is 0 Å². The van der Waals surface area contributed by atoms with Gasteiger partial charge in [-0.3, -0.25) is 10.1 Å². The number of hydrogen-bond donors (Lipinski definition) is 1. The Balaban J connectivity index is 1.66. The number of carbonyl (C=O) groups is 1. The SMILES string of the molecule is CCC1NC(c2cccs2)N(CCCC2CC2)C1=O. The maximum Gasteiger partial charge on any atom is 0.241 e. The topological polar surface area (TPSA) is 32.3 Å². The van der Waals surface area contributed by atoms with Gasteiger partial charge in [0.1, 0.15) is 6.17 Å². The minimum Gasteiger partial charge on any atom is -0.321 e. The smallest absolute Gasteiger partial charge is 0.241 e. The van der Waals surface area contributed by atoms with Gasteiger partial charge in [-0.2, -0.15) is 0 Å². The molecule has 1 aromatic rings. The highest BCUT2D eigenvalue weighted by Crippen LogP contribution is 2.35. The molecule has 1 aliphatic carbocycles. The van der Waals surface area contributed by atoms with Crippen LogP contribution < -0.4 is 5.32 Å². The maximum absolute atomic E-state index is 12.4. The Labute approximate surface area is 119 Å². The van der Waals surface area contributed by atoms with Gasteiger partial charge in [0.15, 0.2) is 0 Å². The van der Waals surface area contributed by atoms with Crippen molar-refractivity contribution < 1.29 is 4.79 Å². The molecule has 1 amide bonds. The fraction of sp³-hybridized carbons (Fsp3) is 0.667. The third-order valence-electron chi connectivity index (χ3n) is 4.18. The summed E-state index contributed by atoms with van der Waals surface area (Å²) in [5.41, 5.74) is 0. The Hall–Kier alpha value is -0.870. The maximum atomic E-state index is 12.4. The van der Waals surface area contributed by atoms with Crippen molar-refractivity contribution >= 4 is 17.2 Å². The van der Waals surface area contributed by atoms with Crippen LogP contribution in [0.3, 0.4) is 0 Å². The second-order valence-corrected chi connectivity index (χ2v) is 6.64. The van der Waals surface area contributed by atoms with Crippen molar-refractivity contribution in [3.8, 4) is 0 Å². The Bertz CT molecular complexity index is 427. The van der Waals surface area contributed by atoms with E-state index in [9.17, 15) is 4.79 Å². The lowest BCUT2D eigenvalue weighted by atomic mass is 10.2. The van der Waals surface area contributed by atoms with Crippen LogP contribution in [0.5, 0.6) is 0 Å². The van der Waals surface area contributed by atoms with Crippen molar-refractivity contribution in [1.29, 1.82) is 0 Å². The summed E-state index contributed by atoms with van der Waals surface area (Å²) in [6, 6.07) is 4.20. The lowest BCUT2D eigenvalue weighted by Crippen LogP contribution is -2.31. The van der Waals surface area contributed by atoms with Gasteiger partial charge < -0.3 is 4.90 Å². The van der Waals surface area contributed by atoms with Gasteiger partial charge in [0.05, 0.1) is 6.04 Å². The van der Waals surface area contributed by atoms with Crippen LogP contribution in [0.25, 0.3) is 0 Å². The summed E-state index contributed by atoms with van der Waals surface area (Å²) in [5.74, 6) is 1.24. The van der Waals surface area contributed by atoms with Crippen LogP contribution >= 0.6 is 11.3 Å². The zero-order chi connectivity index (χ0) is 13.2. The van der Waals surface area contributed by atoms with Gasteiger partial charge in [0.2, 0.25) is 5.91 Å². The van der Waals surface area contributed by atoms with Gasteiger partial charge in [-0.1, -0.05) is 25.8 Å². The lowest BCUT2D eigenvalue weighted by Gasteiger charge is -2.23. The standard InChI is InChI=1S/C15H22N2OS/c1-2-12-15(18)17(9-3-5-11-7-8-11)14(16-12)13-6-4-10-19-13/h4,6,10-12,14,16H,2-3,5,7-9H2,1H3. The van der Waals surface area contributed by atoms with E-state index in [1.165, 1.54) is 24.1 Å². The van der Waals surface area contributed by atoms with Crippen LogP contribution in [0.4, 0.5) is 0 Å². The minimum absolute atomic E-state index is 0.00743. The van der Waals surface area contributed by atoms with Crippen LogP contribution in [-0.4, -0.2) is 23.4 Å². The van der Waals surface area contributed by atoms with Crippen LogP contribution in [0.15, 0.2) is 17.5 Å². The predicted molar refractivity (Wildman–Crippen MR) is 77.9 cm³/mol. The van der Waals surface area contributed by atoms with Crippen LogP contribution in [-0.2, 0) is 4.79 Å². The van der Waals surface area contributed by atoms with Gasteiger partial charge in [-0.05, 0) is 36.6 Å². The summed E-state index contributed by atoms with van der Waals surface area (Å²) in [6.07, 6.45) is 6.22. The molecule has 1 N–H and O–H groups in total. The molecule has 0 spiro atoms. The van der Waals surface area contributed by atoms with E-state index in [0.717, 1.165) is 25.3 Å². The monoisotopic (exact) mass is 278 g/mol. The summed E-state index contributed by atoms with van der Waals surface area (Å²) in [6.45, 7) is 2.98.